The summed E-state index contributed by atoms with van der Waals surface area (Å²) in [7, 11) is 0. The standard InChI is InChI=1S/C22H25NO3/c1-3-5-16-21(20(24)25)19(4-2)26-22(23-21,17-12-8-6-9-13-17)18-14-10-7-11-15-18/h3,6-15,19,23H,1,4-5,16H2,2H3,(H,24,25). The van der Waals surface area contributed by atoms with Gasteiger partial charge in [-0.05, 0) is 19.3 Å². The zero-order valence-electron chi connectivity index (χ0n) is 15.0. The summed E-state index contributed by atoms with van der Waals surface area (Å²) < 4.78 is 6.52. The van der Waals surface area contributed by atoms with E-state index >= 15 is 0 Å². The zero-order valence-corrected chi connectivity index (χ0v) is 15.0. The van der Waals surface area contributed by atoms with Gasteiger partial charge in [-0.2, -0.15) is 0 Å². The molecule has 1 heterocycles. The Morgan fingerprint density at radius 3 is 2.12 bits per heavy atom. The predicted octanol–water partition coefficient (Wildman–Crippen LogP) is 4.08. The number of benzene rings is 2. The molecule has 0 aliphatic carbocycles. The van der Waals surface area contributed by atoms with Gasteiger partial charge in [0.15, 0.2) is 5.72 Å². The van der Waals surface area contributed by atoms with Crippen molar-refractivity contribution in [3.63, 3.8) is 0 Å². The van der Waals surface area contributed by atoms with Crippen LogP contribution in [-0.4, -0.2) is 22.7 Å². The number of ether oxygens (including phenoxy) is 1. The number of hydrogen-bond donors (Lipinski definition) is 2. The molecule has 3 rings (SSSR count). The Kier molecular flexibility index (Phi) is 5.25. The minimum absolute atomic E-state index is 0.422. The van der Waals surface area contributed by atoms with Crippen LogP contribution in [0.1, 0.15) is 37.3 Å². The van der Waals surface area contributed by atoms with Crippen molar-refractivity contribution in [2.45, 2.75) is 43.6 Å². The van der Waals surface area contributed by atoms with E-state index in [-0.39, 0.29) is 0 Å². The van der Waals surface area contributed by atoms with Crippen LogP contribution in [0.2, 0.25) is 0 Å². The molecule has 0 spiro atoms. The van der Waals surface area contributed by atoms with Crippen molar-refractivity contribution < 1.29 is 14.6 Å². The molecule has 4 heteroatoms. The van der Waals surface area contributed by atoms with Crippen LogP contribution in [-0.2, 0) is 15.3 Å². The number of carboxylic acids is 1. The van der Waals surface area contributed by atoms with Crippen LogP contribution in [0.3, 0.4) is 0 Å². The van der Waals surface area contributed by atoms with E-state index in [0.717, 1.165) is 11.1 Å². The van der Waals surface area contributed by atoms with Gasteiger partial charge in [-0.1, -0.05) is 73.7 Å². The molecule has 2 atom stereocenters. The smallest absolute Gasteiger partial charge is 0.326 e. The highest BCUT2D eigenvalue weighted by atomic mass is 16.5. The number of carboxylic acid groups (broad SMARTS) is 1. The monoisotopic (exact) mass is 351 g/mol. The van der Waals surface area contributed by atoms with Crippen LogP contribution in [0.15, 0.2) is 73.3 Å². The SMILES string of the molecule is C=CCCC1(C(=O)O)NC(c2ccccc2)(c2ccccc2)OC1CC. The quantitative estimate of drug-likeness (QED) is 0.738. The maximum atomic E-state index is 12.4. The number of rotatable bonds is 7. The van der Waals surface area contributed by atoms with Gasteiger partial charge >= 0.3 is 5.97 Å². The molecule has 1 aliphatic heterocycles. The van der Waals surface area contributed by atoms with Gasteiger partial charge in [-0.15, -0.1) is 6.58 Å². The largest absolute Gasteiger partial charge is 0.480 e. The number of nitrogens with one attached hydrogen (secondary N) is 1. The van der Waals surface area contributed by atoms with E-state index in [1.165, 1.54) is 0 Å². The normalized spacial score (nSPS) is 24.3. The van der Waals surface area contributed by atoms with Crippen LogP contribution in [0, 0.1) is 0 Å². The average molecular weight is 351 g/mol. The molecule has 2 unspecified atom stereocenters. The molecule has 0 amide bonds. The molecule has 0 aromatic heterocycles. The van der Waals surface area contributed by atoms with Crippen molar-refractivity contribution in [3.8, 4) is 0 Å². The fourth-order valence-electron chi connectivity index (χ4n) is 3.81. The van der Waals surface area contributed by atoms with Crippen molar-refractivity contribution in [3.05, 3.63) is 84.4 Å². The number of allylic oxidation sites excluding steroid dienone is 1. The first-order valence-corrected chi connectivity index (χ1v) is 9.01. The van der Waals surface area contributed by atoms with Gasteiger partial charge in [0.25, 0.3) is 0 Å². The van der Waals surface area contributed by atoms with Crippen LogP contribution < -0.4 is 5.32 Å². The fourth-order valence-corrected chi connectivity index (χ4v) is 3.81. The highest BCUT2D eigenvalue weighted by Gasteiger charge is 2.59. The second kappa shape index (κ2) is 7.44. The third kappa shape index (κ3) is 2.96. The summed E-state index contributed by atoms with van der Waals surface area (Å²) in [6.45, 7) is 5.72. The van der Waals surface area contributed by atoms with Crippen molar-refractivity contribution in [1.82, 2.24) is 5.32 Å². The first-order valence-electron chi connectivity index (χ1n) is 9.01. The first kappa shape index (κ1) is 18.4. The predicted molar refractivity (Wildman–Crippen MR) is 102 cm³/mol. The summed E-state index contributed by atoms with van der Waals surface area (Å²) in [5.41, 5.74) is -0.380. The van der Waals surface area contributed by atoms with Crippen molar-refractivity contribution >= 4 is 5.97 Å². The van der Waals surface area contributed by atoms with Gasteiger partial charge in [-0.25, -0.2) is 0 Å². The van der Waals surface area contributed by atoms with Gasteiger partial charge in [0.05, 0.1) is 6.10 Å². The second-order valence-corrected chi connectivity index (χ2v) is 6.66. The van der Waals surface area contributed by atoms with Crippen molar-refractivity contribution in [1.29, 1.82) is 0 Å². The Hall–Kier alpha value is -2.43. The molecule has 0 bridgehead atoms. The Bertz CT molecular complexity index is 720. The molecule has 1 fully saturated rings. The molecule has 1 saturated heterocycles. The van der Waals surface area contributed by atoms with Gasteiger partial charge in [-0.3, -0.25) is 10.1 Å². The Labute approximate surface area is 154 Å². The summed E-state index contributed by atoms with van der Waals surface area (Å²) in [6.07, 6.45) is 2.91. The molecular formula is C22H25NO3. The first-order chi connectivity index (χ1) is 12.6. The third-order valence-electron chi connectivity index (χ3n) is 5.12. The molecule has 136 valence electrons. The van der Waals surface area contributed by atoms with Gasteiger partial charge < -0.3 is 9.84 Å². The van der Waals surface area contributed by atoms with Crippen LogP contribution in [0.4, 0.5) is 0 Å². The molecule has 0 saturated carbocycles. The lowest BCUT2D eigenvalue weighted by Crippen LogP contribution is -2.58. The number of hydrogen-bond acceptors (Lipinski definition) is 3. The fraction of sp³-hybridized carbons (Fsp3) is 0.318. The molecule has 4 nitrogen and oxygen atoms in total. The Morgan fingerprint density at radius 2 is 1.69 bits per heavy atom. The van der Waals surface area contributed by atoms with E-state index in [4.69, 9.17) is 4.74 Å². The summed E-state index contributed by atoms with van der Waals surface area (Å²) in [6, 6.07) is 19.5. The average Bonchev–Trinajstić information content (AvgIpc) is 3.05. The van der Waals surface area contributed by atoms with E-state index < -0.39 is 23.3 Å². The van der Waals surface area contributed by atoms with E-state index in [1.807, 2.05) is 67.6 Å². The lowest BCUT2D eigenvalue weighted by Gasteiger charge is -2.33. The molecule has 0 radical (unpaired) electrons. The molecule has 26 heavy (non-hydrogen) atoms. The van der Waals surface area contributed by atoms with Crippen molar-refractivity contribution in [2.24, 2.45) is 0 Å². The minimum Gasteiger partial charge on any atom is -0.480 e. The van der Waals surface area contributed by atoms with Gasteiger partial charge in [0.2, 0.25) is 0 Å². The van der Waals surface area contributed by atoms with Crippen molar-refractivity contribution in [2.75, 3.05) is 0 Å². The van der Waals surface area contributed by atoms with E-state index in [9.17, 15) is 9.90 Å². The highest BCUT2D eigenvalue weighted by molar-refractivity contribution is 5.81. The van der Waals surface area contributed by atoms with Crippen LogP contribution in [0.5, 0.6) is 0 Å². The third-order valence-corrected chi connectivity index (χ3v) is 5.12. The maximum absolute atomic E-state index is 12.4. The van der Waals surface area contributed by atoms with Crippen LogP contribution in [0.25, 0.3) is 0 Å². The van der Waals surface area contributed by atoms with Crippen LogP contribution >= 0.6 is 0 Å². The summed E-state index contributed by atoms with van der Waals surface area (Å²) in [4.78, 5) is 12.4. The topological polar surface area (TPSA) is 58.6 Å². The van der Waals surface area contributed by atoms with E-state index in [0.29, 0.717) is 19.3 Å². The lowest BCUT2D eigenvalue weighted by molar-refractivity contribution is -0.147. The molecular weight excluding hydrogens is 326 g/mol. The minimum atomic E-state index is -1.17. The summed E-state index contributed by atoms with van der Waals surface area (Å²) in [5, 5.41) is 13.6. The molecule has 2 aromatic rings. The van der Waals surface area contributed by atoms with Gasteiger partial charge in [0, 0.05) is 11.1 Å². The molecule has 1 aliphatic rings. The highest BCUT2D eigenvalue weighted by Crippen LogP contribution is 2.44. The Balaban J connectivity index is 2.17. The molecule has 2 aromatic carbocycles. The maximum Gasteiger partial charge on any atom is 0.326 e. The number of carbonyl (C=O) groups is 1. The van der Waals surface area contributed by atoms with Gasteiger partial charge in [0.1, 0.15) is 5.54 Å². The summed E-state index contributed by atoms with van der Waals surface area (Å²) in [5.74, 6) is -0.889. The second-order valence-electron chi connectivity index (χ2n) is 6.66. The van der Waals surface area contributed by atoms with E-state index in [2.05, 4.69) is 11.9 Å². The van der Waals surface area contributed by atoms with E-state index in [1.54, 1.807) is 6.08 Å². The number of aliphatic carboxylic acids is 1. The lowest BCUT2D eigenvalue weighted by atomic mass is 9.85. The Morgan fingerprint density at radius 1 is 1.15 bits per heavy atom. The zero-order chi connectivity index (χ0) is 18.6. The summed E-state index contributed by atoms with van der Waals surface area (Å²) >= 11 is 0. The molecule has 2 N–H and O–H groups in total.